The largest absolute Gasteiger partial charge is 0.489 e. The molecule has 0 saturated heterocycles. The molecule has 3 rings (SSSR count). The van der Waals surface area contributed by atoms with Crippen LogP contribution in [0.25, 0.3) is 0 Å². The topological polar surface area (TPSA) is 27.7 Å². The second-order valence-corrected chi connectivity index (χ2v) is 6.09. The van der Waals surface area contributed by atoms with E-state index in [0.29, 0.717) is 18.2 Å². The monoisotopic (exact) mass is 402 g/mol. The second kappa shape index (κ2) is 6.20. The Hall–Kier alpha value is -0.980. The number of halogens is 2. The molecule has 0 N–H and O–H groups in total. The predicted molar refractivity (Wildman–Crippen MR) is 85.2 cm³/mol. The lowest BCUT2D eigenvalue weighted by molar-refractivity contribution is -0.0175. The highest BCUT2D eigenvalue weighted by molar-refractivity contribution is 14.1. The summed E-state index contributed by atoms with van der Waals surface area (Å²) in [6.07, 6.45) is 0. The first-order valence-electron chi connectivity index (χ1n) is 6.12. The first kappa shape index (κ1) is 14.0. The molecule has 0 fully saturated rings. The predicted octanol–water partition coefficient (Wildman–Crippen LogP) is 4.39. The third kappa shape index (κ3) is 3.19. The molecule has 0 unspecified atom stereocenters. The van der Waals surface area contributed by atoms with Crippen molar-refractivity contribution in [2.24, 2.45) is 0 Å². The Morgan fingerprint density at radius 1 is 1.20 bits per heavy atom. The SMILES string of the molecule is Clc1cc2c(c(COc3ccc(I)cc3)c1)OCOC2. The van der Waals surface area contributed by atoms with Crippen LogP contribution in [-0.4, -0.2) is 6.79 Å². The van der Waals surface area contributed by atoms with Gasteiger partial charge in [-0.15, -0.1) is 0 Å². The van der Waals surface area contributed by atoms with Gasteiger partial charge < -0.3 is 14.2 Å². The second-order valence-electron chi connectivity index (χ2n) is 4.41. The molecule has 0 aliphatic carbocycles. The van der Waals surface area contributed by atoms with Gasteiger partial charge in [0.25, 0.3) is 0 Å². The van der Waals surface area contributed by atoms with Gasteiger partial charge in [-0.3, -0.25) is 0 Å². The van der Waals surface area contributed by atoms with Gasteiger partial charge in [-0.2, -0.15) is 0 Å². The van der Waals surface area contributed by atoms with E-state index in [-0.39, 0.29) is 6.79 Å². The van der Waals surface area contributed by atoms with Crippen molar-refractivity contribution in [2.75, 3.05) is 6.79 Å². The van der Waals surface area contributed by atoms with Gasteiger partial charge in [-0.05, 0) is 59.0 Å². The standard InChI is InChI=1S/C15H12ClIO3/c16-12-5-10-7-18-9-20-15(10)11(6-12)8-19-14-3-1-13(17)2-4-14/h1-6H,7-9H2. The Morgan fingerprint density at radius 2 is 2.00 bits per heavy atom. The maximum atomic E-state index is 6.12. The van der Waals surface area contributed by atoms with Crippen LogP contribution in [0.15, 0.2) is 36.4 Å². The number of fused-ring (bicyclic) bond motifs is 1. The van der Waals surface area contributed by atoms with Gasteiger partial charge in [-0.25, -0.2) is 0 Å². The molecule has 1 heterocycles. The lowest BCUT2D eigenvalue weighted by Crippen LogP contribution is -2.14. The van der Waals surface area contributed by atoms with Gasteiger partial charge >= 0.3 is 0 Å². The Labute approximate surface area is 135 Å². The van der Waals surface area contributed by atoms with E-state index < -0.39 is 0 Å². The van der Waals surface area contributed by atoms with Crippen molar-refractivity contribution in [2.45, 2.75) is 13.2 Å². The number of hydrogen-bond donors (Lipinski definition) is 0. The Kier molecular flexibility index (Phi) is 4.33. The van der Waals surface area contributed by atoms with Gasteiger partial charge in [0.05, 0.1) is 6.61 Å². The van der Waals surface area contributed by atoms with Crippen molar-refractivity contribution in [3.05, 3.63) is 56.1 Å². The van der Waals surface area contributed by atoms with Crippen molar-refractivity contribution >= 4 is 34.2 Å². The number of benzene rings is 2. The molecule has 3 nitrogen and oxygen atoms in total. The van der Waals surface area contributed by atoms with Crippen molar-refractivity contribution < 1.29 is 14.2 Å². The van der Waals surface area contributed by atoms with Gasteiger partial charge in [0.1, 0.15) is 18.1 Å². The summed E-state index contributed by atoms with van der Waals surface area (Å²) >= 11 is 8.38. The highest BCUT2D eigenvalue weighted by Gasteiger charge is 2.16. The fourth-order valence-electron chi connectivity index (χ4n) is 2.06. The van der Waals surface area contributed by atoms with E-state index in [0.717, 1.165) is 22.6 Å². The van der Waals surface area contributed by atoms with Crippen LogP contribution in [0.3, 0.4) is 0 Å². The van der Waals surface area contributed by atoms with E-state index in [4.69, 9.17) is 25.8 Å². The highest BCUT2D eigenvalue weighted by atomic mass is 127. The van der Waals surface area contributed by atoms with E-state index in [9.17, 15) is 0 Å². The molecule has 20 heavy (non-hydrogen) atoms. The first-order chi connectivity index (χ1) is 9.72. The summed E-state index contributed by atoms with van der Waals surface area (Å²) in [4.78, 5) is 0. The summed E-state index contributed by atoms with van der Waals surface area (Å²) < 4.78 is 17.8. The van der Waals surface area contributed by atoms with Crippen LogP contribution in [0.2, 0.25) is 5.02 Å². The molecule has 2 aromatic carbocycles. The van der Waals surface area contributed by atoms with Crippen LogP contribution in [0.5, 0.6) is 11.5 Å². The normalized spacial score (nSPS) is 13.5. The first-order valence-corrected chi connectivity index (χ1v) is 7.58. The van der Waals surface area contributed by atoms with Gasteiger partial charge in [0, 0.05) is 19.7 Å². The molecule has 2 aromatic rings. The molecule has 0 radical (unpaired) electrons. The molecule has 1 aliphatic heterocycles. The molecule has 104 valence electrons. The van der Waals surface area contributed by atoms with Crippen molar-refractivity contribution in [3.8, 4) is 11.5 Å². The zero-order valence-electron chi connectivity index (χ0n) is 10.6. The number of rotatable bonds is 3. The molecule has 0 spiro atoms. The van der Waals surface area contributed by atoms with Gasteiger partial charge in [-0.1, -0.05) is 11.6 Å². The van der Waals surface area contributed by atoms with Crippen LogP contribution in [0, 0.1) is 3.57 Å². The Bertz CT molecular complexity index is 613. The highest BCUT2D eigenvalue weighted by Crippen LogP contribution is 2.32. The minimum absolute atomic E-state index is 0.269. The third-order valence-corrected chi connectivity index (χ3v) is 3.90. The van der Waals surface area contributed by atoms with E-state index in [1.807, 2.05) is 36.4 Å². The lowest BCUT2D eigenvalue weighted by Gasteiger charge is -2.21. The summed E-state index contributed by atoms with van der Waals surface area (Å²) in [6.45, 7) is 1.21. The van der Waals surface area contributed by atoms with Crippen LogP contribution in [0.4, 0.5) is 0 Å². The quantitative estimate of drug-likeness (QED) is 0.713. The minimum Gasteiger partial charge on any atom is -0.489 e. The zero-order chi connectivity index (χ0) is 13.9. The zero-order valence-corrected chi connectivity index (χ0v) is 13.5. The van der Waals surface area contributed by atoms with E-state index >= 15 is 0 Å². The smallest absolute Gasteiger partial charge is 0.189 e. The van der Waals surface area contributed by atoms with Crippen LogP contribution < -0.4 is 9.47 Å². The molecule has 5 heteroatoms. The average molecular weight is 403 g/mol. The van der Waals surface area contributed by atoms with Crippen LogP contribution in [-0.2, 0) is 18.0 Å². The summed E-state index contributed by atoms with van der Waals surface area (Å²) in [7, 11) is 0. The van der Waals surface area contributed by atoms with Crippen molar-refractivity contribution in [3.63, 3.8) is 0 Å². The van der Waals surface area contributed by atoms with E-state index in [2.05, 4.69) is 22.6 Å². The number of hydrogen-bond acceptors (Lipinski definition) is 3. The molecule has 0 atom stereocenters. The van der Waals surface area contributed by atoms with Gasteiger partial charge in [0.15, 0.2) is 6.79 Å². The molecule has 1 aliphatic rings. The number of ether oxygens (including phenoxy) is 3. The molecule has 0 saturated carbocycles. The maximum Gasteiger partial charge on any atom is 0.189 e. The van der Waals surface area contributed by atoms with Crippen LogP contribution in [0.1, 0.15) is 11.1 Å². The maximum absolute atomic E-state index is 6.12. The van der Waals surface area contributed by atoms with Crippen molar-refractivity contribution in [1.29, 1.82) is 0 Å². The Balaban J connectivity index is 1.80. The molecular weight excluding hydrogens is 391 g/mol. The van der Waals surface area contributed by atoms with E-state index in [1.165, 1.54) is 3.57 Å². The summed E-state index contributed by atoms with van der Waals surface area (Å²) in [5.74, 6) is 1.65. The molecular formula is C15H12ClIO3. The summed E-state index contributed by atoms with van der Waals surface area (Å²) in [6, 6.07) is 11.6. The summed E-state index contributed by atoms with van der Waals surface area (Å²) in [5, 5.41) is 0.666. The minimum atomic E-state index is 0.269. The van der Waals surface area contributed by atoms with E-state index in [1.54, 1.807) is 0 Å². The average Bonchev–Trinajstić information content (AvgIpc) is 2.46. The summed E-state index contributed by atoms with van der Waals surface area (Å²) in [5.41, 5.74) is 1.90. The Morgan fingerprint density at radius 3 is 2.80 bits per heavy atom. The fraction of sp³-hybridized carbons (Fsp3) is 0.200. The molecule has 0 amide bonds. The fourth-order valence-corrected chi connectivity index (χ4v) is 2.68. The van der Waals surface area contributed by atoms with Crippen LogP contribution >= 0.6 is 34.2 Å². The molecule has 0 bridgehead atoms. The third-order valence-electron chi connectivity index (χ3n) is 2.96. The van der Waals surface area contributed by atoms with Gasteiger partial charge in [0.2, 0.25) is 0 Å². The van der Waals surface area contributed by atoms with Crippen molar-refractivity contribution in [1.82, 2.24) is 0 Å². The molecule has 0 aromatic heterocycles. The lowest BCUT2D eigenvalue weighted by atomic mass is 10.1.